The zero-order valence-electron chi connectivity index (χ0n) is 11.2. The van der Waals surface area contributed by atoms with Gasteiger partial charge >= 0.3 is 0 Å². The second-order valence-electron chi connectivity index (χ2n) is 4.71. The third-order valence-electron chi connectivity index (χ3n) is 3.25. The Labute approximate surface area is 114 Å². The third-order valence-corrected chi connectivity index (χ3v) is 3.25. The van der Waals surface area contributed by atoms with Crippen LogP contribution in [-0.4, -0.2) is 24.5 Å². The summed E-state index contributed by atoms with van der Waals surface area (Å²) in [6.45, 7) is 1.50. The van der Waals surface area contributed by atoms with E-state index in [4.69, 9.17) is 14.7 Å². The number of ether oxygens (including phenoxy) is 2. The molecule has 1 fully saturated rings. The maximum Gasteiger partial charge on any atom is 0.157 e. The van der Waals surface area contributed by atoms with Gasteiger partial charge in [-0.15, -0.1) is 0 Å². The average molecular weight is 260 g/mol. The highest BCUT2D eigenvalue weighted by atomic mass is 16.7. The number of nitrogens with zero attached hydrogens (tertiary/aromatic N) is 2. The van der Waals surface area contributed by atoms with Crippen LogP contribution in [0.1, 0.15) is 36.9 Å². The molecule has 19 heavy (non-hydrogen) atoms. The molecule has 1 aromatic heterocycles. The van der Waals surface area contributed by atoms with Gasteiger partial charge in [0.25, 0.3) is 0 Å². The van der Waals surface area contributed by atoms with Crippen molar-refractivity contribution >= 4 is 0 Å². The van der Waals surface area contributed by atoms with Gasteiger partial charge in [0.2, 0.25) is 0 Å². The first kappa shape index (κ1) is 14.0. The summed E-state index contributed by atoms with van der Waals surface area (Å²) in [4.78, 5) is 4.34. The summed E-state index contributed by atoms with van der Waals surface area (Å²) >= 11 is 0. The van der Waals surface area contributed by atoms with E-state index >= 15 is 0 Å². The van der Waals surface area contributed by atoms with Crippen LogP contribution >= 0.6 is 0 Å². The fourth-order valence-corrected chi connectivity index (χ4v) is 2.24. The van der Waals surface area contributed by atoms with E-state index in [1.807, 2.05) is 12.1 Å². The Morgan fingerprint density at radius 2 is 2.42 bits per heavy atom. The molecular weight excluding hydrogens is 240 g/mol. The first-order valence-electron chi connectivity index (χ1n) is 6.93. The zero-order chi connectivity index (χ0) is 13.3. The van der Waals surface area contributed by atoms with Crippen molar-refractivity contribution in [2.24, 2.45) is 0 Å². The highest BCUT2D eigenvalue weighted by Crippen LogP contribution is 2.14. The number of pyridine rings is 1. The van der Waals surface area contributed by atoms with Gasteiger partial charge in [-0.1, -0.05) is 6.07 Å². The van der Waals surface area contributed by atoms with Crippen LogP contribution in [0.5, 0.6) is 0 Å². The lowest BCUT2D eigenvalue weighted by molar-refractivity contribution is -0.162. The van der Waals surface area contributed by atoms with E-state index in [0.29, 0.717) is 13.0 Å². The topological polar surface area (TPSA) is 55.1 Å². The van der Waals surface area contributed by atoms with Gasteiger partial charge < -0.3 is 9.47 Å². The maximum absolute atomic E-state index is 8.77. The Kier molecular flexibility index (Phi) is 5.80. The minimum atomic E-state index is -0.0175. The normalized spacial score (nSPS) is 19.0. The molecule has 0 saturated carbocycles. The maximum atomic E-state index is 8.77. The highest BCUT2D eigenvalue weighted by molar-refractivity contribution is 5.22. The third kappa shape index (κ3) is 4.62. The van der Waals surface area contributed by atoms with Gasteiger partial charge in [0, 0.05) is 18.5 Å². The lowest BCUT2D eigenvalue weighted by atomic mass is 10.1. The molecule has 1 aliphatic rings. The van der Waals surface area contributed by atoms with Crippen LogP contribution in [0.3, 0.4) is 0 Å². The van der Waals surface area contributed by atoms with E-state index in [0.717, 1.165) is 43.5 Å². The molecule has 0 N–H and O–H groups in total. The molecule has 1 saturated heterocycles. The van der Waals surface area contributed by atoms with Crippen molar-refractivity contribution in [3.05, 3.63) is 29.6 Å². The molecule has 0 aliphatic carbocycles. The monoisotopic (exact) mass is 260 g/mol. The number of hydrogen-bond acceptors (Lipinski definition) is 4. The molecule has 0 aromatic carbocycles. The van der Waals surface area contributed by atoms with Crippen molar-refractivity contribution in [2.75, 3.05) is 13.2 Å². The van der Waals surface area contributed by atoms with Crippen LogP contribution < -0.4 is 0 Å². The lowest BCUT2D eigenvalue weighted by Crippen LogP contribution is -2.22. The summed E-state index contributed by atoms with van der Waals surface area (Å²) in [5.74, 6) is 0. The van der Waals surface area contributed by atoms with Crippen molar-refractivity contribution in [1.82, 2.24) is 4.98 Å². The smallest absolute Gasteiger partial charge is 0.157 e. The van der Waals surface area contributed by atoms with Crippen LogP contribution in [0.4, 0.5) is 0 Å². The largest absolute Gasteiger partial charge is 0.353 e. The Bertz CT molecular complexity index is 422. The van der Waals surface area contributed by atoms with Gasteiger partial charge in [-0.3, -0.25) is 4.98 Å². The first-order valence-corrected chi connectivity index (χ1v) is 6.93. The van der Waals surface area contributed by atoms with E-state index in [-0.39, 0.29) is 6.29 Å². The quantitative estimate of drug-likeness (QED) is 0.738. The Morgan fingerprint density at radius 3 is 3.21 bits per heavy atom. The molecule has 4 nitrogen and oxygen atoms in total. The summed E-state index contributed by atoms with van der Waals surface area (Å²) in [7, 11) is 0. The van der Waals surface area contributed by atoms with Gasteiger partial charge in [0.05, 0.1) is 19.1 Å². The van der Waals surface area contributed by atoms with Gasteiger partial charge in [-0.25, -0.2) is 0 Å². The molecule has 4 heteroatoms. The molecule has 0 amide bonds. The van der Waals surface area contributed by atoms with Crippen molar-refractivity contribution < 1.29 is 9.47 Å². The highest BCUT2D eigenvalue weighted by Gasteiger charge is 2.13. The summed E-state index contributed by atoms with van der Waals surface area (Å²) in [6, 6.07) is 6.02. The fraction of sp³-hybridized carbons (Fsp3) is 0.600. The summed E-state index contributed by atoms with van der Waals surface area (Å²) < 4.78 is 11.2. The number of aryl methyl sites for hydroxylation is 1. The number of hydrogen-bond donors (Lipinski definition) is 0. The Balaban J connectivity index is 1.71. The van der Waals surface area contributed by atoms with Crippen molar-refractivity contribution in [3.63, 3.8) is 0 Å². The van der Waals surface area contributed by atoms with Crippen LogP contribution in [-0.2, 0) is 22.3 Å². The number of aromatic nitrogens is 1. The predicted octanol–water partition coefficient (Wildman–Crippen LogP) is 2.62. The Morgan fingerprint density at radius 1 is 1.47 bits per heavy atom. The van der Waals surface area contributed by atoms with Crippen molar-refractivity contribution in [3.8, 4) is 6.07 Å². The second kappa shape index (κ2) is 7.88. The Hall–Kier alpha value is -1.44. The molecule has 0 bridgehead atoms. The molecule has 1 unspecified atom stereocenters. The standard InChI is InChI=1S/C15H20N2O2/c16-9-8-13-5-3-10-17-14(13)6-4-12-19-15-7-1-2-11-18-15/h3,5,10,15H,1-2,4,6-8,11-12H2. The second-order valence-corrected chi connectivity index (χ2v) is 4.71. The van der Waals surface area contributed by atoms with Crippen LogP contribution in [0.25, 0.3) is 0 Å². The number of nitriles is 1. The minimum absolute atomic E-state index is 0.0175. The molecule has 1 aromatic rings. The van der Waals surface area contributed by atoms with Crippen LogP contribution in [0.15, 0.2) is 18.3 Å². The molecule has 0 radical (unpaired) electrons. The molecular formula is C15H20N2O2. The zero-order valence-corrected chi connectivity index (χ0v) is 11.2. The summed E-state index contributed by atoms with van der Waals surface area (Å²) in [6.07, 6.45) is 7.29. The van der Waals surface area contributed by atoms with Crippen molar-refractivity contribution in [1.29, 1.82) is 5.26 Å². The summed E-state index contributed by atoms with van der Waals surface area (Å²) in [5, 5.41) is 8.77. The SMILES string of the molecule is N#CCc1cccnc1CCCOC1CCCCO1. The van der Waals surface area contributed by atoms with E-state index in [1.54, 1.807) is 6.20 Å². The molecule has 1 atom stereocenters. The van der Waals surface area contributed by atoms with Gasteiger partial charge in [0.15, 0.2) is 6.29 Å². The van der Waals surface area contributed by atoms with Crippen molar-refractivity contribution in [2.45, 2.75) is 44.8 Å². The molecule has 102 valence electrons. The molecule has 2 rings (SSSR count). The van der Waals surface area contributed by atoms with Crippen LogP contribution in [0.2, 0.25) is 0 Å². The van der Waals surface area contributed by atoms with E-state index in [9.17, 15) is 0 Å². The van der Waals surface area contributed by atoms with Crippen LogP contribution in [0, 0.1) is 11.3 Å². The number of rotatable bonds is 6. The lowest BCUT2D eigenvalue weighted by Gasteiger charge is -2.22. The van der Waals surface area contributed by atoms with E-state index in [1.165, 1.54) is 6.42 Å². The van der Waals surface area contributed by atoms with Gasteiger partial charge in [-0.05, 0) is 43.7 Å². The first-order chi connectivity index (χ1) is 9.40. The van der Waals surface area contributed by atoms with E-state index < -0.39 is 0 Å². The molecule has 1 aliphatic heterocycles. The average Bonchev–Trinajstić information content (AvgIpc) is 2.47. The predicted molar refractivity (Wildman–Crippen MR) is 71.4 cm³/mol. The van der Waals surface area contributed by atoms with Gasteiger partial charge in [-0.2, -0.15) is 5.26 Å². The molecule has 0 spiro atoms. The minimum Gasteiger partial charge on any atom is -0.353 e. The van der Waals surface area contributed by atoms with E-state index in [2.05, 4.69) is 11.1 Å². The van der Waals surface area contributed by atoms with Gasteiger partial charge in [0.1, 0.15) is 0 Å². The molecule has 2 heterocycles. The fourth-order valence-electron chi connectivity index (χ4n) is 2.24. The summed E-state index contributed by atoms with van der Waals surface area (Å²) in [5.41, 5.74) is 2.04.